The van der Waals surface area contributed by atoms with Crippen molar-refractivity contribution in [3.8, 4) is 0 Å². The van der Waals surface area contributed by atoms with E-state index in [1.807, 2.05) is 0 Å². The van der Waals surface area contributed by atoms with Gasteiger partial charge in [0, 0.05) is 44.6 Å². The van der Waals surface area contributed by atoms with Crippen molar-refractivity contribution in [2.75, 3.05) is 37.7 Å². The van der Waals surface area contributed by atoms with E-state index in [9.17, 15) is 26.7 Å². The molecule has 1 N–H and O–H groups in total. The molecule has 2 aromatic rings. The van der Waals surface area contributed by atoms with Crippen LogP contribution in [-0.2, 0) is 20.4 Å². The molecule has 2 heterocycles. The largest absolute Gasteiger partial charge is 0.421 e. The van der Waals surface area contributed by atoms with E-state index in [4.69, 9.17) is 4.74 Å². The predicted molar refractivity (Wildman–Crippen MR) is 127 cm³/mol. The fraction of sp³-hybridized carbons (Fsp3) is 0.520. The number of rotatable bonds is 6. The van der Waals surface area contributed by atoms with E-state index in [2.05, 4.69) is 4.90 Å². The lowest BCUT2D eigenvalue weighted by molar-refractivity contribution is -0.258. The fourth-order valence-corrected chi connectivity index (χ4v) is 6.33. The highest BCUT2D eigenvalue weighted by atomic mass is 32.2. The van der Waals surface area contributed by atoms with Crippen LogP contribution in [0.5, 0.6) is 0 Å². The van der Waals surface area contributed by atoms with Crippen molar-refractivity contribution in [1.82, 2.24) is 4.31 Å². The van der Waals surface area contributed by atoms with Crippen LogP contribution in [0.3, 0.4) is 0 Å². The zero-order chi connectivity index (χ0) is 25.3. The Kier molecular flexibility index (Phi) is 7.47. The standard InChI is InChI=1S/C25H31F3N2O4S/c1-24(31,25(26,27)28)20-7-9-21(10-8-20)30-14-13-29(35(32,33)23-5-3-2-4-6-23)18-22(30)17-19-11-15-34-16-12-19/h2-10,19,22,31H,11-18H2,1H3/t22-,24+/m1/s1. The third kappa shape index (κ3) is 5.50. The molecule has 0 amide bonds. The lowest BCUT2D eigenvalue weighted by Crippen LogP contribution is -2.55. The molecule has 192 valence electrons. The van der Waals surface area contributed by atoms with Gasteiger partial charge in [0.25, 0.3) is 0 Å². The van der Waals surface area contributed by atoms with Crippen molar-refractivity contribution in [3.63, 3.8) is 0 Å². The van der Waals surface area contributed by atoms with Crippen LogP contribution in [0.1, 0.15) is 31.7 Å². The molecule has 4 rings (SSSR count). The lowest BCUT2D eigenvalue weighted by atomic mass is 9.90. The maximum Gasteiger partial charge on any atom is 0.421 e. The number of hydrogen-bond acceptors (Lipinski definition) is 5. The van der Waals surface area contributed by atoms with Crippen LogP contribution in [0, 0.1) is 5.92 Å². The minimum absolute atomic E-state index is 0.140. The predicted octanol–water partition coefficient (Wildman–Crippen LogP) is 4.15. The van der Waals surface area contributed by atoms with Crippen LogP contribution in [0.2, 0.25) is 0 Å². The third-order valence-electron chi connectivity index (χ3n) is 7.09. The number of hydrogen-bond donors (Lipinski definition) is 1. The van der Waals surface area contributed by atoms with Crippen LogP contribution in [0.4, 0.5) is 18.9 Å². The monoisotopic (exact) mass is 512 g/mol. The normalized spacial score (nSPS) is 22.7. The minimum Gasteiger partial charge on any atom is -0.381 e. The third-order valence-corrected chi connectivity index (χ3v) is 8.97. The van der Waals surface area contributed by atoms with E-state index >= 15 is 0 Å². The first-order valence-electron chi connectivity index (χ1n) is 11.8. The number of sulfonamides is 1. The molecule has 0 aliphatic carbocycles. The first-order valence-corrected chi connectivity index (χ1v) is 13.2. The second kappa shape index (κ2) is 10.1. The van der Waals surface area contributed by atoms with E-state index in [0.29, 0.717) is 31.4 Å². The topological polar surface area (TPSA) is 70.1 Å². The molecule has 2 atom stereocenters. The number of alkyl halides is 3. The average molecular weight is 513 g/mol. The molecule has 35 heavy (non-hydrogen) atoms. The van der Waals surface area contributed by atoms with E-state index in [1.54, 1.807) is 42.5 Å². The van der Waals surface area contributed by atoms with Gasteiger partial charge < -0.3 is 14.7 Å². The maximum absolute atomic E-state index is 13.3. The lowest BCUT2D eigenvalue weighted by Gasteiger charge is -2.44. The molecule has 6 nitrogen and oxygen atoms in total. The van der Waals surface area contributed by atoms with Crippen molar-refractivity contribution >= 4 is 15.7 Å². The van der Waals surface area contributed by atoms with Crippen LogP contribution in [0.15, 0.2) is 59.5 Å². The zero-order valence-electron chi connectivity index (χ0n) is 19.6. The summed E-state index contributed by atoms with van der Waals surface area (Å²) in [5, 5.41) is 10.0. The number of anilines is 1. The smallest absolute Gasteiger partial charge is 0.381 e. The maximum atomic E-state index is 13.3. The molecular weight excluding hydrogens is 481 g/mol. The van der Waals surface area contributed by atoms with Gasteiger partial charge in [-0.1, -0.05) is 30.3 Å². The van der Waals surface area contributed by atoms with Gasteiger partial charge in [-0.3, -0.25) is 0 Å². The summed E-state index contributed by atoms with van der Waals surface area (Å²) in [4.78, 5) is 2.33. The summed E-state index contributed by atoms with van der Waals surface area (Å²) < 4.78 is 73.3. The summed E-state index contributed by atoms with van der Waals surface area (Å²) in [7, 11) is -3.66. The Morgan fingerprint density at radius 1 is 1.00 bits per heavy atom. The van der Waals surface area contributed by atoms with Crippen molar-refractivity contribution in [2.45, 2.75) is 48.9 Å². The van der Waals surface area contributed by atoms with Crippen molar-refractivity contribution in [3.05, 3.63) is 60.2 Å². The molecule has 0 radical (unpaired) electrons. The second-order valence-corrected chi connectivity index (χ2v) is 11.4. The quantitative estimate of drug-likeness (QED) is 0.630. The minimum atomic E-state index is -4.79. The molecule has 2 aromatic carbocycles. The summed E-state index contributed by atoms with van der Waals surface area (Å²) in [6.07, 6.45) is -2.25. The van der Waals surface area contributed by atoms with Gasteiger partial charge in [-0.15, -0.1) is 0 Å². The van der Waals surface area contributed by atoms with E-state index in [-0.39, 0.29) is 29.6 Å². The molecule has 0 saturated carbocycles. The van der Waals surface area contributed by atoms with Gasteiger partial charge in [-0.25, -0.2) is 8.42 Å². The number of nitrogens with zero attached hydrogens (tertiary/aromatic N) is 2. The van der Waals surface area contributed by atoms with E-state index in [1.165, 1.54) is 16.4 Å². The highest BCUT2D eigenvalue weighted by Gasteiger charge is 2.51. The second-order valence-electron chi connectivity index (χ2n) is 9.43. The SMILES string of the molecule is C[C@](O)(c1ccc(N2CCN(S(=O)(=O)c3ccccc3)C[C@H]2CC2CCOCC2)cc1)C(F)(F)F. The van der Waals surface area contributed by atoms with Crippen LogP contribution in [0.25, 0.3) is 0 Å². The summed E-state index contributed by atoms with van der Waals surface area (Å²) in [6.45, 7) is 3.05. The van der Waals surface area contributed by atoms with Crippen molar-refractivity contribution < 1.29 is 31.4 Å². The highest BCUT2D eigenvalue weighted by molar-refractivity contribution is 7.89. The summed E-state index contributed by atoms with van der Waals surface area (Å²) in [6, 6.07) is 13.9. The zero-order valence-corrected chi connectivity index (χ0v) is 20.4. The van der Waals surface area contributed by atoms with Gasteiger partial charge in [0.05, 0.1) is 4.90 Å². The Balaban J connectivity index is 1.59. The van der Waals surface area contributed by atoms with E-state index < -0.39 is 21.8 Å². The van der Waals surface area contributed by atoms with Crippen LogP contribution >= 0.6 is 0 Å². The number of halogens is 3. The Morgan fingerprint density at radius 3 is 2.23 bits per heavy atom. The van der Waals surface area contributed by atoms with E-state index in [0.717, 1.165) is 26.2 Å². The Hall–Kier alpha value is -2.14. The van der Waals surface area contributed by atoms with Crippen molar-refractivity contribution in [2.24, 2.45) is 5.92 Å². The van der Waals surface area contributed by atoms with Crippen LogP contribution < -0.4 is 4.90 Å². The number of ether oxygens (including phenoxy) is 1. The van der Waals surface area contributed by atoms with Gasteiger partial charge >= 0.3 is 6.18 Å². The molecule has 2 aliphatic heterocycles. The Labute approximate surface area is 204 Å². The summed E-state index contributed by atoms with van der Waals surface area (Å²) >= 11 is 0. The fourth-order valence-electron chi connectivity index (χ4n) is 4.84. The number of piperazine rings is 1. The number of benzene rings is 2. The molecule has 10 heteroatoms. The Bertz CT molecular complexity index is 1090. The first-order chi connectivity index (χ1) is 16.5. The molecule has 2 saturated heterocycles. The molecule has 2 fully saturated rings. The first kappa shape index (κ1) is 25.9. The van der Waals surface area contributed by atoms with Gasteiger partial charge in [-0.2, -0.15) is 17.5 Å². The van der Waals surface area contributed by atoms with Gasteiger partial charge in [0.15, 0.2) is 5.60 Å². The highest BCUT2D eigenvalue weighted by Crippen LogP contribution is 2.39. The van der Waals surface area contributed by atoms with Gasteiger partial charge in [-0.05, 0) is 61.9 Å². The molecule has 0 spiro atoms. The summed E-state index contributed by atoms with van der Waals surface area (Å²) in [5.41, 5.74) is -2.48. The van der Waals surface area contributed by atoms with Gasteiger partial charge in [0.2, 0.25) is 10.0 Å². The summed E-state index contributed by atoms with van der Waals surface area (Å²) in [5.74, 6) is 0.376. The molecule has 2 aliphatic rings. The number of aliphatic hydroxyl groups is 1. The molecule has 0 aromatic heterocycles. The van der Waals surface area contributed by atoms with Crippen molar-refractivity contribution in [1.29, 1.82) is 0 Å². The molecule has 0 unspecified atom stereocenters. The molecular formula is C25H31F3N2O4S. The van der Waals surface area contributed by atoms with Gasteiger partial charge in [0.1, 0.15) is 0 Å². The van der Waals surface area contributed by atoms with Crippen LogP contribution in [-0.4, -0.2) is 62.9 Å². The Morgan fingerprint density at radius 2 is 1.63 bits per heavy atom. The average Bonchev–Trinajstić information content (AvgIpc) is 2.84. The molecule has 0 bridgehead atoms.